The highest BCUT2D eigenvalue weighted by molar-refractivity contribution is 6.30. The van der Waals surface area contributed by atoms with Crippen molar-refractivity contribution < 1.29 is 28.6 Å². The number of nitrogens with one attached hydrogen (secondary N) is 2. The number of para-hydroxylation sites is 1. The van der Waals surface area contributed by atoms with Crippen LogP contribution in [0.3, 0.4) is 0 Å². The standard InChI is InChI=1S/C25H23ClN2O6/c1-2-32-25(31)34-21-11-7-17(8-12-21)24(30)27-15-18-5-3-4-6-22(18)28-23(29)16-33-20-13-9-19(26)10-14-20/h3-14H,2,15-16H2,1H3,(H,27,30)(H,28,29). The van der Waals surface area contributed by atoms with Gasteiger partial charge in [0.15, 0.2) is 6.61 Å². The lowest BCUT2D eigenvalue weighted by Crippen LogP contribution is -2.25. The van der Waals surface area contributed by atoms with Crippen LogP contribution in [0.15, 0.2) is 72.8 Å². The van der Waals surface area contributed by atoms with Gasteiger partial charge < -0.3 is 24.8 Å². The van der Waals surface area contributed by atoms with E-state index < -0.39 is 6.16 Å². The molecule has 0 spiro atoms. The van der Waals surface area contributed by atoms with Gasteiger partial charge in [-0.2, -0.15) is 0 Å². The molecule has 34 heavy (non-hydrogen) atoms. The van der Waals surface area contributed by atoms with Gasteiger partial charge in [0.1, 0.15) is 11.5 Å². The van der Waals surface area contributed by atoms with E-state index in [0.29, 0.717) is 22.0 Å². The van der Waals surface area contributed by atoms with Crippen LogP contribution in [0.25, 0.3) is 0 Å². The lowest BCUT2D eigenvalue weighted by Gasteiger charge is -2.13. The van der Waals surface area contributed by atoms with Crippen LogP contribution in [0.5, 0.6) is 11.5 Å². The van der Waals surface area contributed by atoms with E-state index in [9.17, 15) is 14.4 Å². The first-order chi connectivity index (χ1) is 16.4. The zero-order valence-electron chi connectivity index (χ0n) is 18.4. The third-order valence-corrected chi connectivity index (χ3v) is 4.75. The summed E-state index contributed by atoms with van der Waals surface area (Å²) in [6.45, 7) is 1.89. The van der Waals surface area contributed by atoms with E-state index in [1.54, 1.807) is 49.4 Å². The van der Waals surface area contributed by atoms with Gasteiger partial charge in [-0.3, -0.25) is 9.59 Å². The van der Waals surface area contributed by atoms with Gasteiger partial charge in [-0.15, -0.1) is 0 Å². The molecule has 9 heteroatoms. The van der Waals surface area contributed by atoms with Crippen LogP contribution in [-0.2, 0) is 16.1 Å². The van der Waals surface area contributed by atoms with E-state index in [2.05, 4.69) is 10.6 Å². The van der Waals surface area contributed by atoms with Crippen molar-refractivity contribution in [2.24, 2.45) is 0 Å². The molecular formula is C25H23ClN2O6. The minimum Gasteiger partial charge on any atom is -0.484 e. The molecule has 2 amide bonds. The second-order valence-electron chi connectivity index (χ2n) is 6.94. The Bertz CT molecular complexity index is 1130. The van der Waals surface area contributed by atoms with E-state index in [1.165, 1.54) is 24.3 Å². The van der Waals surface area contributed by atoms with Crippen LogP contribution in [0.2, 0.25) is 5.02 Å². The number of hydrogen-bond donors (Lipinski definition) is 2. The Morgan fingerprint density at radius 3 is 2.26 bits per heavy atom. The van der Waals surface area contributed by atoms with Gasteiger partial charge in [0, 0.05) is 22.8 Å². The SMILES string of the molecule is CCOC(=O)Oc1ccc(C(=O)NCc2ccccc2NC(=O)COc2ccc(Cl)cc2)cc1. The molecule has 0 atom stereocenters. The van der Waals surface area contributed by atoms with Gasteiger partial charge in [-0.1, -0.05) is 29.8 Å². The maximum atomic E-state index is 12.5. The quantitative estimate of drug-likeness (QED) is 0.335. The summed E-state index contributed by atoms with van der Waals surface area (Å²) in [5.74, 6) is 0.128. The Morgan fingerprint density at radius 2 is 1.56 bits per heavy atom. The first-order valence-corrected chi connectivity index (χ1v) is 10.8. The van der Waals surface area contributed by atoms with Crippen molar-refractivity contribution in [3.63, 3.8) is 0 Å². The Balaban J connectivity index is 1.53. The van der Waals surface area contributed by atoms with Gasteiger partial charge >= 0.3 is 6.16 Å². The summed E-state index contributed by atoms with van der Waals surface area (Å²) in [5, 5.41) is 6.17. The van der Waals surface area contributed by atoms with Gasteiger partial charge in [-0.25, -0.2) is 4.79 Å². The summed E-state index contributed by atoms with van der Waals surface area (Å²) in [6, 6.07) is 19.9. The molecule has 2 N–H and O–H groups in total. The molecule has 3 rings (SSSR count). The first kappa shape index (κ1) is 24.6. The van der Waals surface area contributed by atoms with Crippen LogP contribution >= 0.6 is 11.6 Å². The van der Waals surface area contributed by atoms with E-state index in [1.807, 2.05) is 6.07 Å². The third kappa shape index (κ3) is 7.53. The molecule has 0 heterocycles. The fourth-order valence-electron chi connectivity index (χ4n) is 2.86. The van der Waals surface area contributed by atoms with Crippen molar-refractivity contribution in [3.05, 3.63) is 88.9 Å². The summed E-state index contributed by atoms with van der Waals surface area (Å²) in [7, 11) is 0. The fraction of sp³-hybridized carbons (Fsp3) is 0.160. The van der Waals surface area contributed by atoms with Crippen LogP contribution in [0.4, 0.5) is 10.5 Å². The summed E-state index contributed by atoms with van der Waals surface area (Å²) in [6.07, 6.45) is -0.808. The zero-order chi connectivity index (χ0) is 24.3. The molecule has 0 radical (unpaired) electrons. The van der Waals surface area contributed by atoms with Crippen molar-refractivity contribution in [1.29, 1.82) is 0 Å². The Morgan fingerprint density at radius 1 is 0.882 bits per heavy atom. The van der Waals surface area contributed by atoms with E-state index in [4.69, 9.17) is 25.8 Å². The highest BCUT2D eigenvalue weighted by Gasteiger charge is 2.11. The van der Waals surface area contributed by atoms with Crippen LogP contribution < -0.4 is 20.1 Å². The summed E-state index contributed by atoms with van der Waals surface area (Å²) in [5.41, 5.74) is 1.66. The van der Waals surface area contributed by atoms with Crippen molar-refractivity contribution in [1.82, 2.24) is 5.32 Å². The molecule has 3 aromatic rings. The molecule has 0 aromatic heterocycles. The number of halogens is 1. The average Bonchev–Trinajstić information content (AvgIpc) is 2.83. The lowest BCUT2D eigenvalue weighted by atomic mass is 10.1. The third-order valence-electron chi connectivity index (χ3n) is 4.49. The van der Waals surface area contributed by atoms with Gasteiger partial charge in [-0.05, 0) is 67.1 Å². The smallest absolute Gasteiger partial charge is 0.484 e. The van der Waals surface area contributed by atoms with Crippen LogP contribution in [0, 0.1) is 0 Å². The topological polar surface area (TPSA) is 103 Å². The average molecular weight is 483 g/mol. The van der Waals surface area contributed by atoms with Crippen molar-refractivity contribution in [2.75, 3.05) is 18.5 Å². The second-order valence-corrected chi connectivity index (χ2v) is 7.38. The Labute approximate surface area is 201 Å². The fourth-order valence-corrected chi connectivity index (χ4v) is 2.98. The molecule has 0 aliphatic rings. The minimum atomic E-state index is -0.808. The molecule has 0 aliphatic heterocycles. The number of hydrogen-bond acceptors (Lipinski definition) is 6. The summed E-state index contributed by atoms with van der Waals surface area (Å²) >= 11 is 5.84. The van der Waals surface area contributed by atoms with Crippen molar-refractivity contribution in [3.8, 4) is 11.5 Å². The van der Waals surface area contributed by atoms with Crippen LogP contribution in [-0.4, -0.2) is 31.2 Å². The summed E-state index contributed by atoms with van der Waals surface area (Å²) < 4.78 is 15.1. The normalized spacial score (nSPS) is 10.2. The van der Waals surface area contributed by atoms with E-state index in [0.717, 1.165) is 5.56 Å². The molecule has 176 valence electrons. The number of anilines is 1. The van der Waals surface area contributed by atoms with E-state index in [-0.39, 0.29) is 37.3 Å². The lowest BCUT2D eigenvalue weighted by molar-refractivity contribution is -0.118. The molecule has 0 fully saturated rings. The number of carbonyl (C=O) groups is 3. The number of rotatable bonds is 9. The van der Waals surface area contributed by atoms with Gasteiger partial charge in [0.25, 0.3) is 11.8 Å². The first-order valence-electron chi connectivity index (χ1n) is 10.4. The van der Waals surface area contributed by atoms with Crippen molar-refractivity contribution in [2.45, 2.75) is 13.5 Å². The number of amides is 2. The maximum absolute atomic E-state index is 12.5. The number of benzene rings is 3. The monoisotopic (exact) mass is 482 g/mol. The van der Waals surface area contributed by atoms with Crippen LogP contribution in [0.1, 0.15) is 22.8 Å². The molecule has 0 bridgehead atoms. The molecule has 0 unspecified atom stereocenters. The molecule has 3 aromatic carbocycles. The molecule has 8 nitrogen and oxygen atoms in total. The second kappa shape index (κ2) is 12.3. The Kier molecular flexibility index (Phi) is 8.88. The molecule has 0 aliphatic carbocycles. The largest absolute Gasteiger partial charge is 0.513 e. The highest BCUT2D eigenvalue weighted by atomic mass is 35.5. The van der Waals surface area contributed by atoms with Gasteiger partial charge in [0.2, 0.25) is 0 Å². The highest BCUT2D eigenvalue weighted by Crippen LogP contribution is 2.18. The number of carbonyl (C=O) groups excluding carboxylic acids is 3. The molecular weight excluding hydrogens is 460 g/mol. The predicted molar refractivity (Wildman–Crippen MR) is 127 cm³/mol. The molecule has 0 saturated carbocycles. The Hall–Kier alpha value is -4.04. The van der Waals surface area contributed by atoms with Gasteiger partial charge in [0.05, 0.1) is 6.61 Å². The predicted octanol–water partition coefficient (Wildman–Crippen LogP) is 4.82. The van der Waals surface area contributed by atoms with Crippen molar-refractivity contribution >= 4 is 35.3 Å². The van der Waals surface area contributed by atoms with E-state index >= 15 is 0 Å². The summed E-state index contributed by atoms with van der Waals surface area (Å²) in [4.78, 5) is 36.2. The minimum absolute atomic E-state index is 0.178. The maximum Gasteiger partial charge on any atom is 0.513 e. The zero-order valence-corrected chi connectivity index (χ0v) is 19.1. The number of ether oxygens (including phenoxy) is 3. The molecule has 0 saturated heterocycles.